The molecule has 0 aliphatic carbocycles. The topological polar surface area (TPSA) is 29.1 Å². The lowest BCUT2D eigenvalue weighted by Crippen LogP contribution is -2.28. The Bertz CT molecular complexity index is 660. The molecular formula is C18H18F3NO. The number of rotatable bonds is 4. The Balaban J connectivity index is 1.95. The van der Waals surface area contributed by atoms with Crippen molar-refractivity contribution >= 4 is 5.91 Å². The summed E-state index contributed by atoms with van der Waals surface area (Å²) in [6.45, 7) is 3.85. The lowest BCUT2D eigenvalue weighted by Gasteiger charge is -2.15. The SMILES string of the molecule is Cc1ccc(C(C)NC(=O)Cc2ccc(C(F)(F)F)cc2)cc1. The molecule has 1 unspecified atom stereocenters. The van der Waals surface area contributed by atoms with Crippen LogP contribution in [0.25, 0.3) is 0 Å². The molecule has 0 aromatic heterocycles. The number of carbonyl (C=O) groups is 1. The second-order valence-corrected chi connectivity index (χ2v) is 5.57. The van der Waals surface area contributed by atoms with Crippen molar-refractivity contribution in [1.82, 2.24) is 5.32 Å². The van der Waals surface area contributed by atoms with E-state index in [-0.39, 0.29) is 18.4 Å². The zero-order chi connectivity index (χ0) is 17.0. The van der Waals surface area contributed by atoms with Crippen molar-refractivity contribution in [3.8, 4) is 0 Å². The first-order valence-electron chi connectivity index (χ1n) is 7.28. The minimum Gasteiger partial charge on any atom is -0.349 e. The van der Waals surface area contributed by atoms with Crippen LogP contribution in [0.2, 0.25) is 0 Å². The molecule has 0 fully saturated rings. The van der Waals surface area contributed by atoms with Crippen LogP contribution in [0.1, 0.15) is 35.2 Å². The average molecular weight is 321 g/mol. The Kier molecular flexibility index (Phi) is 5.08. The third-order valence-electron chi connectivity index (χ3n) is 3.60. The van der Waals surface area contributed by atoms with Gasteiger partial charge in [0.1, 0.15) is 0 Å². The Morgan fingerprint density at radius 3 is 2.13 bits per heavy atom. The van der Waals surface area contributed by atoms with Gasteiger partial charge in [-0.3, -0.25) is 4.79 Å². The molecule has 0 heterocycles. The van der Waals surface area contributed by atoms with Gasteiger partial charge in [0.05, 0.1) is 18.0 Å². The molecule has 5 heteroatoms. The van der Waals surface area contributed by atoms with E-state index in [0.29, 0.717) is 5.56 Å². The maximum absolute atomic E-state index is 12.5. The fourth-order valence-electron chi connectivity index (χ4n) is 2.23. The summed E-state index contributed by atoms with van der Waals surface area (Å²) < 4.78 is 37.5. The Morgan fingerprint density at radius 2 is 1.61 bits per heavy atom. The van der Waals surface area contributed by atoms with Gasteiger partial charge < -0.3 is 5.32 Å². The predicted molar refractivity (Wildman–Crippen MR) is 82.9 cm³/mol. The molecular weight excluding hydrogens is 303 g/mol. The smallest absolute Gasteiger partial charge is 0.349 e. The summed E-state index contributed by atoms with van der Waals surface area (Å²) in [7, 11) is 0. The first-order chi connectivity index (χ1) is 10.8. The van der Waals surface area contributed by atoms with E-state index < -0.39 is 11.7 Å². The molecule has 0 radical (unpaired) electrons. The number of benzene rings is 2. The maximum Gasteiger partial charge on any atom is 0.416 e. The minimum atomic E-state index is -4.36. The largest absolute Gasteiger partial charge is 0.416 e. The van der Waals surface area contributed by atoms with Gasteiger partial charge in [0.15, 0.2) is 0 Å². The Morgan fingerprint density at radius 1 is 1.04 bits per heavy atom. The number of aryl methyl sites for hydroxylation is 1. The van der Waals surface area contributed by atoms with E-state index in [1.165, 1.54) is 12.1 Å². The van der Waals surface area contributed by atoms with Crippen LogP contribution in [-0.2, 0) is 17.4 Å². The molecule has 0 bridgehead atoms. The Hall–Kier alpha value is -2.30. The number of hydrogen-bond acceptors (Lipinski definition) is 1. The average Bonchev–Trinajstić information content (AvgIpc) is 2.47. The number of alkyl halides is 3. The first kappa shape index (κ1) is 17.1. The number of carbonyl (C=O) groups excluding carboxylic acids is 1. The van der Waals surface area contributed by atoms with Crippen LogP contribution < -0.4 is 5.32 Å². The van der Waals surface area contributed by atoms with E-state index >= 15 is 0 Å². The zero-order valence-electron chi connectivity index (χ0n) is 12.9. The number of nitrogens with one attached hydrogen (secondary N) is 1. The van der Waals surface area contributed by atoms with Gasteiger partial charge in [0.2, 0.25) is 5.91 Å². The van der Waals surface area contributed by atoms with E-state index in [4.69, 9.17) is 0 Å². The highest BCUT2D eigenvalue weighted by atomic mass is 19.4. The van der Waals surface area contributed by atoms with E-state index in [1.54, 1.807) is 0 Å². The van der Waals surface area contributed by atoms with Crippen molar-refractivity contribution in [3.05, 3.63) is 70.8 Å². The van der Waals surface area contributed by atoms with Gasteiger partial charge in [0, 0.05) is 0 Å². The number of amides is 1. The van der Waals surface area contributed by atoms with E-state index in [9.17, 15) is 18.0 Å². The lowest BCUT2D eigenvalue weighted by atomic mass is 10.1. The molecule has 0 saturated carbocycles. The van der Waals surface area contributed by atoms with Gasteiger partial charge >= 0.3 is 6.18 Å². The highest BCUT2D eigenvalue weighted by Gasteiger charge is 2.29. The summed E-state index contributed by atoms with van der Waals surface area (Å²) in [6, 6.07) is 12.3. The number of halogens is 3. The molecule has 23 heavy (non-hydrogen) atoms. The quantitative estimate of drug-likeness (QED) is 0.886. The third-order valence-corrected chi connectivity index (χ3v) is 3.60. The molecule has 122 valence electrons. The van der Waals surface area contributed by atoms with Crippen molar-refractivity contribution in [3.63, 3.8) is 0 Å². The van der Waals surface area contributed by atoms with Gasteiger partial charge in [-0.25, -0.2) is 0 Å². The fourth-order valence-corrected chi connectivity index (χ4v) is 2.23. The molecule has 1 amide bonds. The summed E-state index contributed by atoms with van der Waals surface area (Å²) in [5.74, 6) is -0.224. The van der Waals surface area contributed by atoms with Gasteiger partial charge in [-0.1, -0.05) is 42.0 Å². The molecule has 0 saturated heterocycles. The Labute approximate surface area is 133 Å². The monoisotopic (exact) mass is 321 g/mol. The molecule has 0 aliphatic rings. The molecule has 2 aromatic rings. The second kappa shape index (κ2) is 6.86. The maximum atomic E-state index is 12.5. The molecule has 0 aliphatic heterocycles. The van der Waals surface area contributed by atoms with E-state index in [2.05, 4.69) is 5.32 Å². The zero-order valence-corrected chi connectivity index (χ0v) is 12.9. The second-order valence-electron chi connectivity index (χ2n) is 5.57. The van der Waals surface area contributed by atoms with Crippen molar-refractivity contribution in [1.29, 1.82) is 0 Å². The highest BCUT2D eigenvalue weighted by molar-refractivity contribution is 5.79. The van der Waals surface area contributed by atoms with E-state index in [1.807, 2.05) is 38.1 Å². The van der Waals surface area contributed by atoms with Gasteiger partial charge in [-0.15, -0.1) is 0 Å². The number of hydrogen-bond donors (Lipinski definition) is 1. The molecule has 2 aromatic carbocycles. The predicted octanol–water partition coefficient (Wildman–Crippen LogP) is 4.43. The highest BCUT2D eigenvalue weighted by Crippen LogP contribution is 2.29. The molecule has 2 rings (SSSR count). The fraction of sp³-hybridized carbons (Fsp3) is 0.278. The lowest BCUT2D eigenvalue weighted by molar-refractivity contribution is -0.137. The molecule has 2 nitrogen and oxygen atoms in total. The van der Waals surface area contributed by atoms with Crippen molar-refractivity contribution in [2.24, 2.45) is 0 Å². The summed E-state index contributed by atoms with van der Waals surface area (Å²) in [6.07, 6.45) is -4.31. The van der Waals surface area contributed by atoms with Crippen molar-refractivity contribution in [2.75, 3.05) is 0 Å². The van der Waals surface area contributed by atoms with Crippen molar-refractivity contribution < 1.29 is 18.0 Å². The van der Waals surface area contributed by atoms with Crippen LogP contribution in [0.3, 0.4) is 0 Å². The minimum absolute atomic E-state index is 0.0499. The standard InChI is InChI=1S/C18H18F3NO/c1-12-3-7-15(8-4-12)13(2)22-17(23)11-14-5-9-16(10-6-14)18(19,20)21/h3-10,13H,11H2,1-2H3,(H,22,23). The summed E-state index contributed by atoms with van der Waals surface area (Å²) in [5.41, 5.74) is 1.95. The van der Waals surface area contributed by atoms with E-state index in [0.717, 1.165) is 23.3 Å². The van der Waals surface area contributed by atoms with Crippen LogP contribution in [0.4, 0.5) is 13.2 Å². The van der Waals surface area contributed by atoms with Gasteiger partial charge in [-0.05, 0) is 37.1 Å². The van der Waals surface area contributed by atoms with Crippen LogP contribution >= 0.6 is 0 Å². The van der Waals surface area contributed by atoms with Crippen LogP contribution in [-0.4, -0.2) is 5.91 Å². The van der Waals surface area contributed by atoms with Gasteiger partial charge in [-0.2, -0.15) is 13.2 Å². The van der Waals surface area contributed by atoms with Crippen molar-refractivity contribution in [2.45, 2.75) is 32.5 Å². The van der Waals surface area contributed by atoms with Crippen LogP contribution in [0.15, 0.2) is 48.5 Å². The summed E-state index contributed by atoms with van der Waals surface area (Å²) in [4.78, 5) is 12.0. The molecule has 1 atom stereocenters. The van der Waals surface area contributed by atoms with Crippen LogP contribution in [0.5, 0.6) is 0 Å². The summed E-state index contributed by atoms with van der Waals surface area (Å²) >= 11 is 0. The van der Waals surface area contributed by atoms with Gasteiger partial charge in [0.25, 0.3) is 0 Å². The molecule has 1 N–H and O–H groups in total. The summed E-state index contributed by atoms with van der Waals surface area (Å²) in [5, 5.41) is 2.85. The normalized spacial score (nSPS) is 12.7. The first-order valence-corrected chi connectivity index (χ1v) is 7.28. The third kappa shape index (κ3) is 4.84. The van der Waals surface area contributed by atoms with Crippen LogP contribution in [0, 0.1) is 6.92 Å². The molecule has 0 spiro atoms.